The van der Waals surface area contributed by atoms with Gasteiger partial charge in [0.2, 0.25) is 0 Å². The first-order chi connectivity index (χ1) is 8.80. The Morgan fingerprint density at radius 1 is 1.22 bits per heavy atom. The first-order valence-corrected chi connectivity index (χ1v) is 5.69. The molecule has 0 spiro atoms. The van der Waals surface area contributed by atoms with E-state index >= 15 is 0 Å². The number of piperazine rings is 1. The van der Waals surface area contributed by atoms with E-state index < -0.39 is 5.97 Å². The predicted molar refractivity (Wildman–Crippen MR) is 72.3 cm³/mol. The quantitative estimate of drug-likeness (QED) is 0.405. The summed E-state index contributed by atoms with van der Waals surface area (Å²) in [4.78, 5) is 10.3. The molecule has 0 aromatic carbocycles. The molecule has 2 heterocycles. The molecule has 0 atom stereocenters. The molecule has 0 saturated carbocycles. The second kappa shape index (κ2) is 11.8. The SMILES string of the molecule is C1CNCCN1.CN.O=C(O)C1=NNC=CC=C1. The second-order valence-electron chi connectivity index (χ2n) is 3.15. The monoisotopic (exact) mass is 255 g/mol. The minimum atomic E-state index is -1.03. The van der Waals surface area contributed by atoms with Crippen molar-refractivity contribution < 1.29 is 9.90 Å². The van der Waals surface area contributed by atoms with E-state index in [1.165, 1.54) is 13.1 Å². The van der Waals surface area contributed by atoms with Gasteiger partial charge < -0.3 is 21.5 Å². The smallest absolute Gasteiger partial charge is 0.356 e. The molecular formula is C11H21N5O2. The van der Waals surface area contributed by atoms with Crippen molar-refractivity contribution in [2.75, 3.05) is 33.2 Å². The first-order valence-electron chi connectivity index (χ1n) is 5.69. The number of allylic oxidation sites excluding steroid dienone is 2. The lowest BCUT2D eigenvalue weighted by Gasteiger charge is -2.11. The summed E-state index contributed by atoms with van der Waals surface area (Å²) in [6.07, 6.45) is 6.23. The summed E-state index contributed by atoms with van der Waals surface area (Å²) in [7, 11) is 1.50. The molecule has 0 unspecified atom stereocenters. The number of hydrogen-bond acceptors (Lipinski definition) is 6. The van der Waals surface area contributed by atoms with Crippen molar-refractivity contribution in [1.82, 2.24) is 16.1 Å². The summed E-state index contributed by atoms with van der Waals surface area (Å²) in [5.74, 6) is -1.03. The van der Waals surface area contributed by atoms with Crippen LogP contribution in [0.4, 0.5) is 0 Å². The van der Waals surface area contributed by atoms with Gasteiger partial charge in [-0.15, -0.1) is 0 Å². The third-order valence-corrected chi connectivity index (χ3v) is 1.90. The summed E-state index contributed by atoms with van der Waals surface area (Å²) in [6, 6.07) is 0. The highest BCUT2D eigenvalue weighted by Crippen LogP contribution is 1.87. The summed E-state index contributed by atoms with van der Waals surface area (Å²) in [5, 5.41) is 18.4. The number of hydrogen-bond donors (Lipinski definition) is 5. The van der Waals surface area contributed by atoms with E-state index in [-0.39, 0.29) is 5.71 Å². The van der Waals surface area contributed by atoms with Crippen molar-refractivity contribution in [2.45, 2.75) is 0 Å². The number of aliphatic carboxylic acids is 1. The van der Waals surface area contributed by atoms with Crippen LogP contribution < -0.4 is 21.8 Å². The van der Waals surface area contributed by atoms with Gasteiger partial charge in [0, 0.05) is 32.4 Å². The molecule has 6 N–H and O–H groups in total. The van der Waals surface area contributed by atoms with Gasteiger partial charge in [0.1, 0.15) is 0 Å². The number of nitrogens with two attached hydrogens (primary N) is 1. The predicted octanol–water partition coefficient (Wildman–Crippen LogP) is -1.15. The molecular weight excluding hydrogens is 234 g/mol. The third-order valence-electron chi connectivity index (χ3n) is 1.90. The average Bonchev–Trinajstić information content (AvgIpc) is 2.73. The summed E-state index contributed by atoms with van der Waals surface area (Å²) >= 11 is 0. The molecule has 0 bridgehead atoms. The molecule has 2 rings (SSSR count). The maximum atomic E-state index is 10.3. The zero-order valence-electron chi connectivity index (χ0n) is 10.5. The third kappa shape index (κ3) is 8.45. The number of rotatable bonds is 1. The van der Waals surface area contributed by atoms with Crippen molar-refractivity contribution >= 4 is 11.7 Å². The van der Waals surface area contributed by atoms with Gasteiger partial charge in [-0.05, 0) is 19.2 Å². The highest BCUT2D eigenvalue weighted by molar-refractivity contribution is 6.40. The van der Waals surface area contributed by atoms with Crippen LogP contribution in [0.3, 0.4) is 0 Å². The normalized spacial score (nSPS) is 16.9. The van der Waals surface area contributed by atoms with E-state index in [1.807, 2.05) is 0 Å². The van der Waals surface area contributed by atoms with E-state index in [9.17, 15) is 4.79 Å². The Morgan fingerprint density at radius 2 is 1.78 bits per heavy atom. The molecule has 18 heavy (non-hydrogen) atoms. The van der Waals surface area contributed by atoms with E-state index in [2.05, 4.69) is 26.9 Å². The maximum absolute atomic E-state index is 10.3. The zero-order chi connectivity index (χ0) is 13.6. The Bertz CT molecular complexity index is 297. The number of carbonyl (C=O) groups is 1. The van der Waals surface area contributed by atoms with E-state index in [0.717, 1.165) is 26.2 Å². The molecule has 2 aliphatic heterocycles. The number of carboxylic acid groups (broad SMARTS) is 1. The van der Waals surface area contributed by atoms with Gasteiger partial charge in [-0.3, -0.25) is 5.43 Å². The fourth-order valence-electron chi connectivity index (χ4n) is 1.11. The lowest BCUT2D eigenvalue weighted by molar-refractivity contribution is -0.129. The fraction of sp³-hybridized carbons (Fsp3) is 0.455. The van der Waals surface area contributed by atoms with Crippen molar-refractivity contribution in [1.29, 1.82) is 0 Å². The van der Waals surface area contributed by atoms with Crippen molar-refractivity contribution in [3.8, 4) is 0 Å². The molecule has 0 radical (unpaired) electrons. The molecule has 7 nitrogen and oxygen atoms in total. The number of carboxylic acids is 1. The maximum Gasteiger partial charge on any atom is 0.356 e. The number of nitrogens with one attached hydrogen (secondary N) is 3. The summed E-state index contributed by atoms with van der Waals surface area (Å²) < 4.78 is 0. The highest BCUT2D eigenvalue weighted by atomic mass is 16.4. The van der Waals surface area contributed by atoms with Crippen LogP contribution in [0.25, 0.3) is 0 Å². The van der Waals surface area contributed by atoms with Gasteiger partial charge in [-0.25, -0.2) is 4.79 Å². The number of hydrazone groups is 1. The van der Waals surface area contributed by atoms with Gasteiger partial charge >= 0.3 is 5.97 Å². The molecule has 2 aliphatic rings. The van der Waals surface area contributed by atoms with Gasteiger partial charge in [-0.2, -0.15) is 5.10 Å². The number of nitrogens with zero attached hydrogens (tertiary/aromatic N) is 1. The van der Waals surface area contributed by atoms with Crippen LogP contribution in [0.5, 0.6) is 0 Å². The average molecular weight is 255 g/mol. The largest absolute Gasteiger partial charge is 0.476 e. The second-order valence-corrected chi connectivity index (χ2v) is 3.15. The molecule has 1 fully saturated rings. The van der Waals surface area contributed by atoms with Crippen molar-refractivity contribution in [3.63, 3.8) is 0 Å². The fourth-order valence-corrected chi connectivity index (χ4v) is 1.11. The van der Waals surface area contributed by atoms with Crippen LogP contribution in [-0.4, -0.2) is 50.0 Å². The molecule has 7 heteroatoms. The van der Waals surface area contributed by atoms with Crippen LogP contribution >= 0.6 is 0 Å². The van der Waals surface area contributed by atoms with Crippen LogP contribution in [0.15, 0.2) is 29.5 Å². The lowest BCUT2D eigenvalue weighted by Crippen LogP contribution is -2.39. The zero-order valence-corrected chi connectivity index (χ0v) is 10.5. The first kappa shape index (κ1) is 16.3. The van der Waals surface area contributed by atoms with Crippen LogP contribution in [0.2, 0.25) is 0 Å². The minimum Gasteiger partial charge on any atom is -0.476 e. The van der Waals surface area contributed by atoms with E-state index in [4.69, 9.17) is 5.11 Å². The molecule has 1 saturated heterocycles. The van der Waals surface area contributed by atoms with Gasteiger partial charge in [0.15, 0.2) is 5.71 Å². The Kier molecular flexibility index (Phi) is 10.7. The molecule has 0 aromatic rings. The van der Waals surface area contributed by atoms with Crippen LogP contribution in [0, 0.1) is 0 Å². The van der Waals surface area contributed by atoms with Crippen molar-refractivity contribution in [3.05, 3.63) is 24.4 Å². The van der Waals surface area contributed by atoms with Gasteiger partial charge in [0.05, 0.1) is 0 Å². The Labute approximate surface area is 107 Å². The van der Waals surface area contributed by atoms with Gasteiger partial charge in [-0.1, -0.05) is 6.08 Å². The highest BCUT2D eigenvalue weighted by Gasteiger charge is 2.03. The van der Waals surface area contributed by atoms with Gasteiger partial charge in [0.25, 0.3) is 0 Å². The summed E-state index contributed by atoms with van der Waals surface area (Å²) in [5.41, 5.74) is 6.95. The minimum absolute atomic E-state index is 0.00463. The van der Waals surface area contributed by atoms with E-state index in [1.54, 1.807) is 18.4 Å². The molecule has 0 aliphatic carbocycles. The topological polar surface area (TPSA) is 112 Å². The molecule has 0 amide bonds. The van der Waals surface area contributed by atoms with Crippen molar-refractivity contribution in [2.24, 2.45) is 10.8 Å². The Balaban J connectivity index is 0.000000308. The van der Waals surface area contributed by atoms with E-state index in [0.29, 0.717) is 0 Å². The lowest BCUT2D eigenvalue weighted by atomic mass is 10.3. The Hall–Kier alpha value is -1.70. The standard InChI is InChI=1S/C6H6N2O2.C4H10N2.CH5N/c9-6(10)5-3-1-2-4-7-8-5;1-2-6-4-3-5-1;1-2/h1-4,7H,(H,9,10);5-6H,1-4H2;2H2,1H3. The van der Waals surface area contributed by atoms with Crippen LogP contribution in [0.1, 0.15) is 0 Å². The van der Waals surface area contributed by atoms with Crippen LogP contribution in [-0.2, 0) is 4.79 Å². The molecule has 102 valence electrons. The molecule has 0 aromatic heterocycles. The summed E-state index contributed by atoms with van der Waals surface area (Å²) in [6.45, 7) is 4.56. The Morgan fingerprint density at radius 3 is 2.22 bits per heavy atom.